The first-order valence-corrected chi connectivity index (χ1v) is 12.1. The molecule has 0 aliphatic carbocycles. The van der Waals surface area contributed by atoms with Crippen molar-refractivity contribution in [3.63, 3.8) is 0 Å². The van der Waals surface area contributed by atoms with Crippen molar-refractivity contribution in [1.29, 1.82) is 0 Å². The summed E-state index contributed by atoms with van der Waals surface area (Å²) in [6.45, 7) is 3.47. The lowest BCUT2D eigenvalue weighted by molar-refractivity contribution is -0.126. The Kier molecular flexibility index (Phi) is 6.16. The molecule has 2 aromatic carbocycles. The normalized spacial score (nSPS) is 18.8. The zero-order valence-electron chi connectivity index (χ0n) is 17.2. The Hall–Kier alpha value is -2.64. The number of nitrogens with zero attached hydrogens (tertiary/aromatic N) is 2. The number of piperidine rings is 1. The molecule has 0 aromatic heterocycles. The van der Waals surface area contributed by atoms with E-state index < -0.39 is 10.0 Å². The number of rotatable bonds is 4. The summed E-state index contributed by atoms with van der Waals surface area (Å²) >= 11 is 5.94. The number of carbonyl (C=O) groups is 1. The Morgan fingerprint density at radius 3 is 2.39 bits per heavy atom. The van der Waals surface area contributed by atoms with Gasteiger partial charge in [0.1, 0.15) is 10.7 Å². The molecule has 8 heteroatoms. The topological polar surface area (TPSA) is 78.8 Å². The third-order valence-corrected chi connectivity index (χ3v) is 7.44. The van der Waals surface area contributed by atoms with Gasteiger partial charge in [0.2, 0.25) is 5.91 Å². The summed E-state index contributed by atoms with van der Waals surface area (Å²) in [5.74, 6) is 0.435. The minimum Gasteiger partial charge on any atom is -0.356 e. The number of amidine groups is 1. The van der Waals surface area contributed by atoms with Crippen molar-refractivity contribution in [3.8, 4) is 0 Å². The smallest absolute Gasteiger partial charge is 0.285 e. The van der Waals surface area contributed by atoms with E-state index in [1.807, 2.05) is 35.2 Å². The van der Waals surface area contributed by atoms with E-state index in [2.05, 4.69) is 9.71 Å². The first kappa shape index (κ1) is 21.6. The summed E-state index contributed by atoms with van der Waals surface area (Å²) < 4.78 is 29.5. The highest BCUT2D eigenvalue weighted by Crippen LogP contribution is 2.35. The van der Waals surface area contributed by atoms with E-state index in [1.54, 1.807) is 31.2 Å². The lowest BCUT2D eigenvalue weighted by Crippen LogP contribution is -2.43. The van der Waals surface area contributed by atoms with E-state index in [9.17, 15) is 13.2 Å². The van der Waals surface area contributed by atoms with Gasteiger partial charge < -0.3 is 10.2 Å². The van der Waals surface area contributed by atoms with Crippen LogP contribution in [0, 0.1) is 5.92 Å². The highest BCUT2D eigenvalue weighted by molar-refractivity contribution is 8.00. The van der Waals surface area contributed by atoms with Crippen LogP contribution in [0.4, 0.5) is 0 Å². The lowest BCUT2D eigenvalue weighted by atomic mass is 9.95. The highest BCUT2D eigenvalue weighted by Gasteiger charge is 2.35. The first-order valence-electron chi connectivity index (χ1n) is 10.2. The van der Waals surface area contributed by atoms with Crippen molar-refractivity contribution >= 4 is 38.3 Å². The Labute approximate surface area is 187 Å². The first-order chi connectivity index (χ1) is 14.8. The number of halogens is 1. The Balaban J connectivity index is 1.41. The molecular weight excluding hydrogens is 434 g/mol. The van der Waals surface area contributed by atoms with Crippen LogP contribution in [0.1, 0.15) is 30.9 Å². The molecule has 0 saturated carbocycles. The summed E-state index contributed by atoms with van der Waals surface area (Å²) in [6, 6.07) is 16.5. The van der Waals surface area contributed by atoms with Gasteiger partial charge in [-0.15, -0.1) is 4.40 Å². The Bertz CT molecular complexity index is 1130. The van der Waals surface area contributed by atoms with Crippen LogP contribution < -0.4 is 5.32 Å². The van der Waals surface area contributed by atoms with Crippen LogP contribution >= 0.6 is 11.6 Å². The van der Waals surface area contributed by atoms with Crippen LogP contribution in [0.3, 0.4) is 0 Å². The van der Waals surface area contributed by atoms with Crippen LogP contribution in [0.2, 0.25) is 5.02 Å². The second-order valence-corrected chi connectivity index (χ2v) is 9.79. The van der Waals surface area contributed by atoms with Crippen LogP contribution in [-0.4, -0.2) is 38.2 Å². The SMILES string of the molecule is CC1=C(c2ccc(Cl)cc2)S(=O)(=O)N=C1N1CCC(C(=O)NCc2ccccc2)CC1. The molecule has 2 aliphatic rings. The van der Waals surface area contributed by atoms with E-state index in [1.165, 1.54) is 0 Å². The molecule has 2 aromatic rings. The van der Waals surface area contributed by atoms with Gasteiger partial charge in [0.05, 0.1) is 0 Å². The number of benzene rings is 2. The number of nitrogens with one attached hydrogen (secondary N) is 1. The fourth-order valence-corrected chi connectivity index (χ4v) is 5.68. The molecule has 1 N–H and O–H groups in total. The predicted octanol–water partition coefficient (Wildman–Crippen LogP) is 3.84. The van der Waals surface area contributed by atoms with Crippen molar-refractivity contribution in [2.24, 2.45) is 10.3 Å². The highest BCUT2D eigenvalue weighted by atomic mass is 35.5. The van der Waals surface area contributed by atoms with Crippen molar-refractivity contribution in [3.05, 3.63) is 76.3 Å². The third kappa shape index (κ3) is 4.67. The number of amides is 1. The summed E-state index contributed by atoms with van der Waals surface area (Å²) in [5.41, 5.74) is 2.28. The van der Waals surface area contributed by atoms with E-state index in [0.717, 1.165) is 5.56 Å². The van der Waals surface area contributed by atoms with Crippen molar-refractivity contribution in [2.45, 2.75) is 26.3 Å². The lowest BCUT2D eigenvalue weighted by Gasteiger charge is -2.32. The number of likely N-dealkylation sites (tertiary alicyclic amines) is 1. The van der Waals surface area contributed by atoms with Gasteiger partial charge in [-0.2, -0.15) is 8.42 Å². The molecule has 1 fully saturated rings. The minimum atomic E-state index is -3.77. The van der Waals surface area contributed by atoms with E-state index in [4.69, 9.17) is 11.6 Å². The van der Waals surface area contributed by atoms with Gasteiger partial charge in [0.15, 0.2) is 0 Å². The average Bonchev–Trinajstić information content (AvgIpc) is 3.02. The van der Waals surface area contributed by atoms with Crippen molar-refractivity contribution in [2.75, 3.05) is 13.1 Å². The maximum absolute atomic E-state index is 12.7. The molecule has 0 spiro atoms. The predicted molar refractivity (Wildman–Crippen MR) is 123 cm³/mol. The molecule has 2 heterocycles. The fourth-order valence-electron chi connectivity index (χ4n) is 4.07. The zero-order chi connectivity index (χ0) is 22.0. The Morgan fingerprint density at radius 1 is 1.10 bits per heavy atom. The van der Waals surface area contributed by atoms with Gasteiger partial charge >= 0.3 is 0 Å². The molecule has 0 unspecified atom stereocenters. The average molecular weight is 458 g/mol. The second kappa shape index (κ2) is 8.85. The summed E-state index contributed by atoms with van der Waals surface area (Å²) in [5, 5.41) is 3.55. The van der Waals surface area contributed by atoms with Crippen LogP contribution in [0.5, 0.6) is 0 Å². The molecule has 0 radical (unpaired) electrons. The number of hydrogen-bond acceptors (Lipinski definition) is 4. The summed E-state index contributed by atoms with van der Waals surface area (Å²) in [7, 11) is -3.77. The van der Waals surface area contributed by atoms with Crippen LogP contribution in [0.15, 0.2) is 64.6 Å². The molecule has 1 saturated heterocycles. The Morgan fingerprint density at radius 2 is 1.74 bits per heavy atom. The van der Waals surface area contributed by atoms with E-state index >= 15 is 0 Å². The van der Waals surface area contributed by atoms with Crippen LogP contribution in [-0.2, 0) is 21.4 Å². The second-order valence-electron chi connectivity index (χ2n) is 7.82. The standard InChI is InChI=1S/C23H24ClN3O3S/c1-16-21(18-7-9-20(24)10-8-18)31(29,30)26-22(16)27-13-11-19(12-14-27)23(28)25-15-17-5-3-2-4-6-17/h2-10,19H,11-15H2,1H3,(H,25,28). The molecular formula is C23H24ClN3O3S. The summed E-state index contributed by atoms with van der Waals surface area (Å²) in [4.78, 5) is 14.7. The van der Waals surface area contributed by atoms with Gasteiger partial charge in [-0.25, -0.2) is 0 Å². The van der Waals surface area contributed by atoms with Gasteiger partial charge in [-0.05, 0) is 43.0 Å². The molecule has 162 valence electrons. The number of sulfonamides is 1. The van der Waals surface area contributed by atoms with Crippen molar-refractivity contribution < 1.29 is 13.2 Å². The minimum absolute atomic E-state index is 0.0404. The molecule has 4 rings (SSSR count). The van der Waals surface area contributed by atoms with Gasteiger partial charge in [0.25, 0.3) is 10.0 Å². The molecule has 1 amide bonds. The molecule has 0 bridgehead atoms. The maximum atomic E-state index is 12.7. The number of hydrogen-bond donors (Lipinski definition) is 1. The maximum Gasteiger partial charge on any atom is 0.285 e. The largest absolute Gasteiger partial charge is 0.356 e. The van der Waals surface area contributed by atoms with Gasteiger partial charge in [-0.1, -0.05) is 54.1 Å². The fraction of sp³-hybridized carbons (Fsp3) is 0.304. The van der Waals surface area contributed by atoms with Gasteiger partial charge in [0, 0.05) is 36.1 Å². The molecule has 6 nitrogen and oxygen atoms in total. The molecule has 0 atom stereocenters. The van der Waals surface area contributed by atoms with E-state index in [-0.39, 0.29) is 16.7 Å². The van der Waals surface area contributed by atoms with Crippen LogP contribution in [0.25, 0.3) is 4.91 Å². The van der Waals surface area contributed by atoms with E-state index in [0.29, 0.717) is 54.5 Å². The molecule has 31 heavy (non-hydrogen) atoms. The van der Waals surface area contributed by atoms with Gasteiger partial charge in [-0.3, -0.25) is 4.79 Å². The quantitative estimate of drug-likeness (QED) is 0.756. The summed E-state index contributed by atoms with van der Waals surface area (Å²) in [6.07, 6.45) is 1.31. The third-order valence-electron chi connectivity index (χ3n) is 5.72. The number of carbonyl (C=O) groups excluding carboxylic acids is 1. The molecule has 2 aliphatic heterocycles. The zero-order valence-corrected chi connectivity index (χ0v) is 18.8. The van der Waals surface area contributed by atoms with Crippen molar-refractivity contribution in [1.82, 2.24) is 10.2 Å². The monoisotopic (exact) mass is 457 g/mol.